The molecule has 1 aromatic carbocycles. The lowest BCUT2D eigenvalue weighted by molar-refractivity contribution is 0.500. The molecule has 1 saturated carbocycles. The molecule has 2 atom stereocenters. The second-order valence-corrected chi connectivity index (χ2v) is 7.39. The number of hydrogen-bond donors (Lipinski definition) is 1. The van der Waals surface area contributed by atoms with Crippen LogP contribution in [0.2, 0.25) is 0 Å². The monoisotopic (exact) mass is 318 g/mol. The minimum atomic E-state index is -3.64. The molecule has 0 radical (unpaired) electrons. The van der Waals surface area contributed by atoms with Crippen LogP contribution in [0.4, 0.5) is 0 Å². The number of hydrogen-bond acceptors (Lipinski definition) is 4. The van der Waals surface area contributed by atoms with Gasteiger partial charge in [0, 0.05) is 5.92 Å². The first-order chi connectivity index (χ1) is 10.5. The predicted molar refractivity (Wildman–Crippen MR) is 84.3 cm³/mol. The molecule has 0 bridgehead atoms. The lowest BCUT2D eigenvalue weighted by Crippen LogP contribution is -2.18. The van der Waals surface area contributed by atoms with Crippen LogP contribution in [0, 0.1) is 12.8 Å². The Labute approximate surface area is 130 Å². The van der Waals surface area contributed by atoms with E-state index in [9.17, 15) is 8.42 Å². The summed E-state index contributed by atoms with van der Waals surface area (Å²) in [6.45, 7) is 4.08. The topological polar surface area (TPSA) is 71.7 Å². The molecule has 0 saturated heterocycles. The second-order valence-electron chi connectivity index (χ2n) is 5.73. The summed E-state index contributed by atoms with van der Waals surface area (Å²) in [5.74, 6) is 2.64. The lowest BCUT2D eigenvalue weighted by Gasteiger charge is -2.02. The molecule has 1 N–H and O–H groups in total. The molecule has 1 fully saturated rings. The van der Waals surface area contributed by atoms with E-state index in [1.54, 1.807) is 30.3 Å². The maximum Gasteiger partial charge on any atom is 0.276 e. The summed E-state index contributed by atoms with van der Waals surface area (Å²) in [5, 5.41) is 3.77. The fourth-order valence-corrected chi connectivity index (χ4v) is 3.08. The van der Waals surface area contributed by atoms with E-state index in [1.807, 2.05) is 13.0 Å². The maximum atomic E-state index is 12.0. The highest BCUT2D eigenvalue weighted by Gasteiger charge is 2.36. The van der Waals surface area contributed by atoms with Crippen molar-refractivity contribution in [2.24, 2.45) is 11.0 Å². The van der Waals surface area contributed by atoms with E-state index in [2.05, 4.69) is 16.9 Å². The van der Waals surface area contributed by atoms with E-state index >= 15 is 0 Å². The van der Waals surface area contributed by atoms with Gasteiger partial charge in [0.25, 0.3) is 10.0 Å². The Balaban J connectivity index is 1.66. The van der Waals surface area contributed by atoms with E-state index in [-0.39, 0.29) is 4.90 Å². The molecule has 6 heteroatoms. The van der Waals surface area contributed by atoms with Crippen molar-refractivity contribution in [2.75, 3.05) is 0 Å². The molecule has 1 aromatic heterocycles. The first kappa shape index (κ1) is 14.8. The van der Waals surface area contributed by atoms with Crippen molar-refractivity contribution in [1.29, 1.82) is 0 Å². The van der Waals surface area contributed by atoms with Crippen molar-refractivity contribution < 1.29 is 12.8 Å². The summed E-state index contributed by atoms with van der Waals surface area (Å²) < 4.78 is 29.7. The number of aryl methyl sites for hydroxylation is 1. The molecule has 3 rings (SSSR count). The van der Waals surface area contributed by atoms with Gasteiger partial charge in [0.1, 0.15) is 11.5 Å². The van der Waals surface area contributed by atoms with E-state index < -0.39 is 10.0 Å². The van der Waals surface area contributed by atoms with Crippen LogP contribution in [0.15, 0.2) is 50.8 Å². The number of rotatable bonds is 5. The minimum Gasteiger partial charge on any atom is -0.460 e. The smallest absolute Gasteiger partial charge is 0.276 e. The SMILES string of the molecule is Cc1ccc(S(=O)(=O)N/N=C\c2ccc([C@H]3C[C@H]3C)o2)cc1. The molecule has 5 nitrogen and oxygen atoms in total. The van der Waals surface area contributed by atoms with Crippen molar-refractivity contribution in [3.05, 3.63) is 53.5 Å². The average molecular weight is 318 g/mol. The number of nitrogens with one attached hydrogen (secondary N) is 1. The van der Waals surface area contributed by atoms with Crippen molar-refractivity contribution in [3.63, 3.8) is 0 Å². The fourth-order valence-electron chi connectivity index (χ4n) is 2.29. The normalized spacial score (nSPS) is 21.2. The summed E-state index contributed by atoms with van der Waals surface area (Å²) in [6, 6.07) is 10.3. The van der Waals surface area contributed by atoms with Crippen LogP contribution in [-0.2, 0) is 10.0 Å². The molecular formula is C16H18N2O3S. The summed E-state index contributed by atoms with van der Waals surface area (Å²) in [5.41, 5.74) is 1.000. The predicted octanol–water partition coefficient (Wildman–Crippen LogP) is 3.02. The molecule has 0 aliphatic heterocycles. The molecular weight excluding hydrogens is 300 g/mol. The molecule has 116 valence electrons. The first-order valence-electron chi connectivity index (χ1n) is 7.17. The van der Waals surface area contributed by atoms with Crippen molar-refractivity contribution in [3.8, 4) is 0 Å². The van der Waals surface area contributed by atoms with E-state index in [0.717, 1.165) is 17.7 Å². The summed E-state index contributed by atoms with van der Waals surface area (Å²) in [6.07, 6.45) is 2.52. The van der Waals surface area contributed by atoms with Gasteiger partial charge in [0.15, 0.2) is 0 Å². The standard InChI is InChI=1S/C16H18N2O3S/c1-11-3-6-14(7-4-11)22(19,20)18-17-10-13-5-8-16(21-13)15-9-12(15)2/h3-8,10,12,15,18H,9H2,1-2H3/b17-10-/t12-,15+/m1/s1. The zero-order chi connectivity index (χ0) is 15.7. The Kier molecular flexibility index (Phi) is 3.78. The Morgan fingerprint density at radius 3 is 2.55 bits per heavy atom. The van der Waals surface area contributed by atoms with Crippen LogP contribution in [0.3, 0.4) is 0 Å². The van der Waals surface area contributed by atoms with Crippen molar-refractivity contribution in [1.82, 2.24) is 4.83 Å². The Morgan fingerprint density at radius 1 is 1.23 bits per heavy atom. The molecule has 0 amide bonds. The van der Waals surface area contributed by atoms with Crippen LogP contribution >= 0.6 is 0 Å². The number of nitrogens with zero attached hydrogens (tertiary/aromatic N) is 1. The third-order valence-corrected chi connectivity index (χ3v) is 5.06. The van der Waals surface area contributed by atoms with Crippen molar-refractivity contribution >= 4 is 16.2 Å². The van der Waals surface area contributed by atoms with Gasteiger partial charge in [-0.25, -0.2) is 0 Å². The summed E-state index contributed by atoms with van der Waals surface area (Å²) in [4.78, 5) is 2.37. The highest BCUT2D eigenvalue weighted by Crippen LogP contribution is 2.47. The number of hydrazone groups is 1. The first-order valence-corrected chi connectivity index (χ1v) is 8.65. The molecule has 1 heterocycles. The van der Waals surface area contributed by atoms with Gasteiger partial charge >= 0.3 is 0 Å². The van der Waals surface area contributed by atoms with Crippen LogP contribution in [0.25, 0.3) is 0 Å². The lowest BCUT2D eigenvalue weighted by atomic mass is 10.2. The zero-order valence-electron chi connectivity index (χ0n) is 12.5. The molecule has 22 heavy (non-hydrogen) atoms. The third kappa shape index (κ3) is 3.22. The molecule has 2 aromatic rings. The largest absolute Gasteiger partial charge is 0.460 e. The van der Waals surface area contributed by atoms with Gasteiger partial charge in [0.2, 0.25) is 0 Å². The number of sulfonamides is 1. The van der Waals surface area contributed by atoms with Gasteiger partial charge in [-0.3, -0.25) is 0 Å². The molecule has 1 aliphatic carbocycles. The fraction of sp³-hybridized carbons (Fsp3) is 0.312. The highest BCUT2D eigenvalue weighted by atomic mass is 32.2. The number of benzene rings is 1. The Bertz CT molecular complexity index is 791. The van der Waals surface area contributed by atoms with E-state index in [0.29, 0.717) is 17.6 Å². The summed E-state index contributed by atoms with van der Waals surface area (Å²) in [7, 11) is -3.64. The molecule has 0 spiro atoms. The third-order valence-electron chi connectivity index (χ3n) is 3.82. The van der Waals surface area contributed by atoms with Crippen LogP contribution < -0.4 is 4.83 Å². The molecule has 1 aliphatic rings. The Morgan fingerprint density at radius 2 is 1.91 bits per heavy atom. The van der Waals surface area contributed by atoms with Gasteiger partial charge < -0.3 is 4.42 Å². The second kappa shape index (κ2) is 5.61. The van der Waals surface area contributed by atoms with Crippen molar-refractivity contribution in [2.45, 2.75) is 31.1 Å². The Hall–Kier alpha value is -2.08. The summed E-state index contributed by atoms with van der Waals surface area (Å²) >= 11 is 0. The van der Waals surface area contributed by atoms with E-state index in [1.165, 1.54) is 6.21 Å². The maximum absolute atomic E-state index is 12.0. The van der Waals surface area contributed by atoms with Gasteiger partial charge in [-0.15, -0.1) is 0 Å². The van der Waals surface area contributed by atoms with Gasteiger partial charge in [-0.05, 0) is 43.5 Å². The van der Waals surface area contributed by atoms with Crippen LogP contribution in [0.1, 0.15) is 36.3 Å². The average Bonchev–Trinajstić information content (AvgIpc) is 3.02. The van der Waals surface area contributed by atoms with Crippen LogP contribution in [0.5, 0.6) is 0 Å². The zero-order valence-corrected chi connectivity index (χ0v) is 13.3. The van der Waals surface area contributed by atoms with E-state index in [4.69, 9.17) is 4.42 Å². The highest BCUT2D eigenvalue weighted by molar-refractivity contribution is 7.89. The quantitative estimate of drug-likeness (QED) is 0.680. The van der Waals surface area contributed by atoms with Gasteiger partial charge in [0.05, 0.1) is 11.1 Å². The minimum absolute atomic E-state index is 0.183. The van der Waals surface area contributed by atoms with Crippen LogP contribution in [-0.4, -0.2) is 14.6 Å². The molecule has 0 unspecified atom stereocenters. The number of furan rings is 1. The van der Waals surface area contributed by atoms with Gasteiger partial charge in [-0.2, -0.15) is 18.4 Å². The van der Waals surface area contributed by atoms with Gasteiger partial charge in [-0.1, -0.05) is 24.6 Å².